The molecule has 3 rings (SSSR count). The van der Waals surface area contributed by atoms with Crippen molar-refractivity contribution in [3.05, 3.63) is 59.3 Å². The van der Waals surface area contributed by atoms with Gasteiger partial charge in [-0.05, 0) is 58.3 Å². The Bertz CT molecular complexity index is 870. The molecule has 3 heterocycles. The van der Waals surface area contributed by atoms with Crippen molar-refractivity contribution in [1.29, 1.82) is 0 Å². The average Bonchev–Trinajstić information content (AvgIpc) is 3.18. The molecule has 0 unspecified atom stereocenters. The van der Waals surface area contributed by atoms with E-state index in [-0.39, 0.29) is 11.3 Å². The van der Waals surface area contributed by atoms with Gasteiger partial charge in [0, 0.05) is 24.5 Å². The van der Waals surface area contributed by atoms with Crippen molar-refractivity contribution < 1.29 is 19.1 Å². The highest BCUT2D eigenvalue weighted by Crippen LogP contribution is 2.39. The van der Waals surface area contributed by atoms with Crippen LogP contribution in [0.1, 0.15) is 29.5 Å². The molecule has 7 heteroatoms. The number of hydrogen-bond donors (Lipinski definition) is 1. The molecule has 0 spiro atoms. The lowest BCUT2D eigenvalue weighted by Crippen LogP contribution is -2.32. The Morgan fingerprint density at radius 1 is 1.22 bits per heavy atom. The quantitative estimate of drug-likeness (QED) is 0.478. The highest BCUT2D eigenvalue weighted by atomic mass is 16.3. The smallest absolute Gasteiger partial charge is 0.295 e. The molecule has 0 bridgehead atoms. The summed E-state index contributed by atoms with van der Waals surface area (Å²) in [7, 11) is 3.90. The molecule has 2 aromatic heterocycles. The lowest BCUT2D eigenvalue weighted by molar-refractivity contribution is -0.140. The van der Waals surface area contributed by atoms with E-state index < -0.39 is 17.7 Å². The molecule has 142 valence electrons. The van der Waals surface area contributed by atoms with Gasteiger partial charge in [0.15, 0.2) is 0 Å². The maximum Gasteiger partial charge on any atom is 0.295 e. The summed E-state index contributed by atoms with van der Waals surface area (Å²) in [5, 5.41) is 10.8. The SMILES string of the molecule is Cc1ccc([C@@H]2C(=C(O)c3ccncc3)C(=O)C(=O)N2CCCN(C)C)o1. The van der Waals surface area contributed by atoms with Gasteiger partial charge in [-0.1, -0.05) is 0 Å². The zero-order valence-corrected chi connectivity index (χ0v) is 15.7. The predicted molar refractivity (Wildman–Crippen MR) is 99.9 cm³/mol. The summed E-state index contributed by atoms with van der Waals surface area (Å²) in [6, 6.07) is 5.97. The number of hydrogen-bond acceptors (Lipinski definition) is 6. The van der Waals surface area contributed by atoms with Crippen LogP contribution in [-0.2, 0) is 9.59 Å². The third-order valence-corrected chi connectivity index (χ3v) is 4.53. The van der Waals surface area contributed by atoms with Crippen molar-refractivity contribution in [2.45, 2.75) is 19.4 Å². The van der Waals surface area contributed by atoms with Crippen LogP contribution in [0.15, 0.2) is 46.6 Å². The van der Waals surface area contributed by atoms with E-state index in [1.165, 1.54) is 17.3 Å². The van der Waals surface area contributed by atoms with Gasteiger partial charge in [0.2, 0.25) is 0 Å². The number of pyridine rings is 1. The number of furan rings is 1. The van der Waals surface area contributed by atoms with E-state index in [9.17, 15) is 14.7 Å². The summed E-state index contributed by atoms with van der Waals surface area (Å²) in [5.41, 5.74) is 0.481. The lowest BCUT2D eigenvalue weighted by Gasteiger charge is -2.24. The fourth-order valence-electron chi connectivity index (χ4n) is 3.23. The number of Topliss-reactive ketones (excluding diaryl/α,β-unsaturated/α-hetero) is 1. The van der Waals surface area contributed by atoms with Crippen LogP contribution < -0.4 is 0 Å². The van der Waals surface area contributed by atoms with Crippen LogP contribution in [-0.4, -0.2) is 58.8 Å². The van der Waals surface area contributed by atoms with Gasteiger partial charge in [0.1, 0.15) is 23.3 Å². The highest BCUT2D eigenvalue weighted by molar-refractivity contribution is 6.46. The summed E-state index contributed by atoms with van der Waals surface area (Å²) in [5.74, 6) is -0.401. The van der Waals surface area contributed by atoms with E-state index in [0.717, 1.165) is 6.54 Å². The van der Waals surface area contributed by atoms with Gasteiger partial charge in [-0.2, -0.15) is 0 Å². The molecular weight excluding hydrogens is 346 g/mol. The van der Waals surface area contributed by atoms with Gasteiger partial charge in [0.25, 0.3) is 11.7 Å². The second-order valence-electron chi connectivity index (χ2n) is 6.83. The first kappa shape index (κ1) is 18.8. The first-order valence-corrected chi connectivity index (χ1v) is 8.80. The van der Waals surface area contributed by atoms with Gasteiger partial charge >= 0.3 is 0 Å². The van der Waals surface area contributed by atoms with Gasteiger partial charge in [-0.25, -0.2) is 0 Å². The number of aliphatic hydroxyl groups is 1. The fourth-order valence-corrected chi connectivity index (χ4v) is 3.23. The van der Waals surface area contributed by atoms with E-state index in [4.69, 9.17) is 4.42 Å². The number of carbonyl (C=O) groups is 2. The number of aliphatic hydroxyl groups excluding tert-OH is 1. The van der Waals surface area contributed by atoms with E-state index >= 15 is 0 Å². The van der Waals surface area contributed by atoms with Gasteiger partial charge in [0.05, 0.1) is 5.57 Å². The molecule has 0 aliphatic carbocycles. The largest absolute Gasteiger partial charge is 0.507 e. The Kier molecular flexibility index (Phi) is 5.41. The molecule has 2 aromatic rings. The number of amides is 1. The van der Waals surface area contributed by atoms with Crippen LogP contribution in [0.2, 0.25) is 0 Å². The molecule has 1 saturated heterocycles. The van der Waals surface area contributed by atoms with Crippen LogP contribution in [0.5, 0.6) is 0 Å². The molecule has 1 atom stereocenters. The van der Waals surface area contributed by atoms with Crippen LogP contribution >= 0.6 is 0 Å². The van der Waals surface area contributed by atoms with Crippen LogP contribution in [0, 0.1) is 6.92 Å². The van der Waals surface area contributed by atoms with E-state index in [1.807, 2.05) is 19.0 Å². The third kappa shape index (κ3) is 3.78. The van der Waals surface area contributed by atoms with E-state index in [0.29, 0.717) is 30.0 Å². The maximum absolute atomic E-state index is 12.7. The molecule has 0 aromatic carbocycles. The zero-order chi connectivity index (χ0) is 19.6. The van der Waals surface area contributed by atoms with Crippen molar-refractivity contribution in [2.75, 3.05) is 27.2 Å². The Morgan fingerprint density at radius 2 is 1.93 bits per heavy atom. The minimum atomic E-state index is -0.742. The second kappa shape index (κ2) is 7.75. The molecule has 27 heavy (non-hydrogen) atoms. The van der Waals surface area contributed by atoms with Crippen molar-refractivity contribution in [3.8, 4) is 0 Å². The molecular formula is C20H23N3O4. The fraction of sp³-hybridized carbons (Fsp3) is 0.350. The monoisotopic (exact) mass is 369 g/mol. The second-order valence-corrected chi connectivity index (χ2v) is 6.83. The van der Waals surface area contributed by atoms with Crippen LogP contribution in [0.3, 0.4) is 0 Å². The van der Waals surface area contributed by atoms with Crippen LogP contribution in [0.4, 0.5) is 0 Å². The summed E-state index contributed by atoms with van der Waals surface area (Å²) in [6.45, 7) is 2.96. The number of aromatic nitrogens is 1. The summed E-state index contributed by atoms with van der Waals surface area (Å²) < 4.78 is 5.72. The number of carbonyl (C=O) groups excluding carboxylic acids is 2. The minimum Gasteiger partial charge on any atom is -0.507 e. The highest BCUT2D eigenvalue weighted by Gasteiger charge is 2.47. The van der Waals surface area contributed by atoms with Crippen molar-refractivity contribution in [2.24, 2.45) is 0 Å². The summed E-state index contributed by atoms with van der Waals surface area (Å²) in [4.78, 5) is 32.8. The number of nitrogens with zero attached hydrogens (tertiary/aromatic N) is 3. The third-order valence-electron chi connectivity index (χ3n) is 4.53. The Labute approximate surface area is 157 Å². The lowest BCUT2D eigenvalue weighted by atomic mass is 10.00. The molecule has 0 radical (unpaired) electrons. The molecule has 1 amide bonds. The maximum atomic E-state index is 12.7. The van der Waals surface area contributed by atoms with Gasteiger partial charge < -0.3 is 19.3 Å². The standard InChI is InChI=1S/C20H23N3O4/c1-13-5-6-15(27-13)17-16(18(24)14-7-9-21-10-8-14)19(25)20(26)23(17)12-4-11-22(2)3/h5-10,17,24H,4,11-12H2,1-3H3/t17-/m1/s1. The molecule has 1 aliphatic rings. The topological polar surface area (TPSA) is 86.9 Å². The molecule has 1 N–H and O–H groups in total. The molecule has 1 fully saturated rings. The Balaban J connectivity index is 2.05. The number of aryl methyl sites for hydroxylation is 1. The number of likely N-dealkylation sites (tertiary alicyclic amines) is 1. The summed E-state index contributed by atoms with van der Waals surface area (Å²) in [6.07, 6.45) is 3.74. The predicted octanol–water partition coefficient (Wildman–Crippen LogP) is 2.36. The Hall–Kier alpha value is -2.93. The summed E-state index contributed by atoms with van der Waals surface area (Å²) >= 11 is 0. The van der Waals surface area contributed by atoms with Crippen LogP contribution in [0.25, 0.3) is 5.76 Å². The Morgan fingerprint density at radius 3 is 2.52 bits per heavy atom. The normalized spacial score (nSPS) is 19.3. The minimum absolute atomic E-state index is 0.0467. The van der Waals surface area contributed by atoms with Crippen molar-refractivity contribution in [1.82, 2.24) is 14.8 Å². The van der Waals surface area contributed by atoms with Crippen molar-refractivity contribution in [3.63, 3.8) is 0 Å². The average molecular weight is 369 g/mol. The number of ketones is 1. The van der Waals surface area contributed by atoms with E-state index in [1.54, 1.807) is 31.2 Å². The molecule has 1 aliphatic heterocycles. The first-order valence-electron chi connectivity index (χ1n) is 8.80. The number of rotatable bonds is 6. The molecule has 7 nitrogen and oxygen atoms in total. The van der Waals surface area contributed by atoms with Gasteiger partial charge in [-0.15, -0.1) is 0 Å². The van der Waals surface area contributed by atoms with Crippen molar-refractivity contribution >= 4 is 17.4 Å². The van der Waals surface area contributed by atoms with E-state index in [2.05, 4.69) is 4.98 Å². The molecule has 0 saturated carbocycles. The first-order chi connectivity index (χ1) is 12.9. The van der Waals surface area contributed by atoms with Gasteiger partial charge in [-0.3, -0.25) is 14.6 Å². The zero-order valence-electron chi connectivity index (χ0n) is 15.7.